The van der Waals surface area contributed by atoms with Crippen LogP contribution in [0.15, 0.2) is 88.4 Å². The maximum absolute atomic E-state index is 13.1. The van der Waals surface area contributed by atoms with Crippen molar-refractivity contribution >= 4 is 44.9 Å². The maximum atomic E-state index is 13.1. The Morgan fingerprint density at radius 2 is 1.80 bits per heavy atom. The molecule has 0 bridgehead atoms. The highest BCUT2D eigenvalue weighted by Gasteiger charge is 2.14. The summed E-state index contributed by atoms with van der Waals surface area (Å²) in [4.78, 5) is 29.5. The zero-order valence-electron chi connectivity index (χ0n) is 18.9. The third-order valence-electron chi connectivity index (χ3n) is 5.02. The molecule has 0 aliphatic heterocycles. The molecular weight excluding hydrogens is 510 g/mol. The Kier molecular flexibility index (Phi) is 7.84. The van der Waals surface area contributed by atoms with Crippen molar-refractivity contribution < 1.29 is 19.1 Å². The number of nitrogens with zero attached hydrogens (tertiary/aromatic N) is 2. The number of carbonyl (C=O) groups is 2. The predicted octanol–water partition coefficient (Wildman–Crippen LogP) is 5.37. The molecule has 35 heavy (non-hydrogen) atoms. The Morgan fingerprint density at radius 1 is 1.03 bits per heavy atom. The second-order valence-electron chi connectivity index (χ2n) is 7.41. The highest BCUT2D eigenvalue weighted by atomic mass is 79.9. The van der Waals surface area contributed by atoms with Gasteiger partial charge in [0.05, 0.1) is 29.6 Å². The van der Waals surface area contributed by atoms with E-state index in [1.807, 2.05) is 54.6 Å². The van der Waals surface area contributed by atoms with Gasteiger partial charge >= 0.3 is 5.97 Å². The van der Waals surface area contributed by atoms with Crippen LogP contribution in [0.1, 0.15) is 22.8 Å². The first-order chi connectivity index (χ1) is 17.0. The number of nitrogens with one attached hydrogen (secondary N) is 1. The van der Waals surface area contributed by atoms with Gasteiger partial charge in [-0.05, 0) is 37.3 Å². The van der Waals surface area contributed by atoms with Crippen LogP contribution in [0.3, 0.4) is 0 Å². The van der Waals surface area contributed by atoms with Crippen LogP contribution in [0.4, 0.5) is 0 Å². The zero-order chi connectivity index (χ0) is 24.6. The maximum Gasteiger partial charge on any atom is 0.344 e. The first-order valence-electron chi connectivity index (χ1n) is 10.9. The molecule has 0 unspecified atom stereocenters. The smallest absolute Gasteiger partial charge is 0.344 e. The molecule has 4 rings (SSSR count). The lowest BCUT2D eigenvalue weighted by Gasteiger charge is -2.10. The second kappa shape index (κ2) is 11.4. The summed E-state index contributed by atoms with van der Waals surface area (Å²) in [5, 5.41) is 4.85. The van der Waals surface area contributed by atoms with Gasteiger partial charge in [-0.25, -0.2) is 15.2 Å². The van der Waals surface area contributed by atoms with Gasteiger partial charge in [-0.3, -0.25) is 4.79 Å². The fourth-order valence-corrected chi connectivity index (χ4v) is 3.81. The van der Waals surface area contributed by atoms with E-state index in [1.54, 1.807) is 31.2 Å². The van der Waals surface area contributed by atoms with Gasteiger partial charge in [-0.15, -0.1) is 0 Å². The Hall–Kier alpha value is -4.04. The lowest BCUT2D eigenvalue weighted by molar-refractivity contribution is -0.145. The first-order valence-corrected chi connectivity index (χ1v) is 11.7. The van der Waals surface area contributed by atoms with Crippen molar-refractivity contribution in [2.24, 2.45) is 5.10 Å². The molecule has 7 nitrogen and oxygen atoms in total. The summed E-state index contributed by atoms with van der Waals surface area (Å²) in [5.74, 6) is -0.411. The van der Waals surface area contributed by atoms with E-state index in [-0.39, 0.29) is 19.1 Å². The van der Waals surface area contributed by atoms with Crippen LogP contribution in [0.5, 0.6) is 5.75 Å². The number of rotatable bonds is 8. The zero-order valence-corrected chi connectivity index (χ0v) is 20.5. The van der Waals surface area contributed by atoms with E-state index in [4.69, 9.17) is 14.5 Å². The molecule has 3 aromatic carbocycles. The summed E-state index contributed by atoms with van der Waals surface area (Å²) in [6.45, 7) is 1.78. The summed E-state index contributed by atoms with van der Waals surface area (Å²) in [6.07, 6.45) is 1.46. The summed E-state index contributed by atoms with van der Waals surface area (Å²) in [5.41, 5.74) is 5.94. The molecule has 1 aromatic heterocycles. The molecule has 0 saturated heterocycles. The van der Waals surface area contributed by atoms with Crippen molar-refractivity contribution in [1.82, 2.24) is 10.4 Å². The minimum atomic E-state index is -0.467. The first kappa shape index (κ1) is 24.1. The van der Waals surface area contributed by atoms with E-state index < -0.39 is 5.97 Å². The molecule has 0 atom stereocenters. The van der Waals surface area contributed by atoms with E-state index in [2.05, 4.69) is 26.5 Å². The number of para-hydroxylation sites is 1. The lowest BCUT2D eigenvalue weighted by atomic mass is 10.0. The minimum absolute atomic E-state index is 0.228. The number of amides is 1. The van der Waals surface area contributed by atoms with Gasteiger partial charge in [-0.1, -0.05) is 64.5 Å². The summed E-state index contributed by atoms with van der Waals surface area (Å²) < 4.78 is 11.3. The van der Waals surface area contributed by atoms with Crippen LogP contribution in [-0.2, 0) is 9.53 Å². The molecule has 4 aromatic rings. The van der Waals surface area contributed by atoms with Gasteiger partial charge < -0.3 is 9.47 Å². The largest absolute Gasteiger partial charge is 0.481 e. The van der Waals surface area contributed by atoms with Crippen LogP contribution >= 0.6 is 15.9 Å². The number of pyridine rings is 1. The SMILES string of the molecule is CCOC(=O)COc1ccc(Br)cc1/C=N\NC(=O)c1cc(-c2ccccc2)nc2ccccc12. The van der Waals surface area contributed by atoms with Crippen LogP contribution < -0.4 is 10.2 Å². The molecule has 0 fully saturated rings. The molecule has 0 radical (unpaired) electrons. The number of esters is 1. The summed E-state index contributed by atoms with van der Waals surface area (Å²) >= 11 is 3.41. The highest BCUT2D eigenvalue weighted by molar-refractivity contribution is 9.10. The molecule has 0 aliphatic rings. The monoisotopic (exact) mass is 531 g/mol. The number of halogens is 1. The number of carbonyl (C=O) groups excluding carboxylic acids is 2. The van der Waals surface area contributed by atoms with E-state index >= 15 is 0 Å². The van der Waals surface area contributed by atoms with Crippen molar-refractivity contribution in [2.45, 2.75) is 6.92 Å². The quantitative estimate of drug-likeness (QED) is 0.187. The van der Waals surface area contributed by atoms with Gasteiger partial charge in [0.15, 0.2) is 6.61 Å². The molecule has 0 aliphatic carbocycles. The van der Waals surface area contributed by atoms with E-state index in [0.717, 1.165) is 15.4 Å². The van der Waals surface area contributed by atoms with Gasteiger partial charge in [0, 0.05) is 21.0 Å². The summed E-state index contributed by atoms with van der Waals surface area (Å²) in [6, 6.07) is 24.2. The van der Waals surface area contributed by atoms with E-state index in [0.29, 0.717) is 28.1 Å². The standard InChI is InChI=1S/C27H22BrN3O4/c1-2-34-26(32)17-35-25-13-12-20(28)14-19(25)16-29-31-27(33)22-15-24(18-8-4-3-5-9-18)30-23-11-7-6-10-21(22)23/h3-16H,2,17H2,1H3,(H,31,33)/b29-16-. The number of benzene rings is 3. The Labute approximate surface area is 210 Å². The fraction of sp³-hybridized carbons (Fsp3) is 0.111. The molecule has 0 spiro atoms. The highest BCUT2D eigenvalue weighted by Crippen LogP contribution is 2.25. The van der Waals surface area contributed by atoms with Crippen molar-refractivity contribution in [2.75, 3.05) is 13.2 Å². The average Bonchev–Trinajstić information content (AvgIpc) is 2.88. The van der Waals surface area contributed by atoms with Crippen molar-refractivity contribution in [1.29, 1.82) is 0 Å². The van der Waals surface area contributed by atoms with Crippen LogP contribution in [0.2, 0.25) is 0 Å². The Morgan fingerprint density at radius 3 is 2.60 bits per heavy atom. The Bertz CT molecular complexity index is 1390. The van der Waals surface area contributed by atoms with E-state index in [1.165, 1.54) is 6.21 Å². The Balaban J connectivity index is 1.57. The third-order valence-corrected chi connectivity index (χ3v) is 5.52. The molecule has 1 heterocycles. The number of aromatic nitrogens is 1. The van der Waals surface area contributed by atoms with Crippen molar-refractivity contribution in [3.05, 3.63) is 94.5 Å². The lowest BCUT2D eigenvalue weighted by Crippen LogP contribution is -2.18. The molecule has 1 amide bonds. The normalized spacial score (nSPS) is 10.9. The molecule has 1 N–H and O–H groups in total. The van der Waals surface area contributed by atoms with Gasteiger partial charge in [0.1, 0.15) is 5.75 Å². The average molecular weight is 532 g/mol. The molecule has 0 saturated carbocycles. The molecule has 8 heteroatoms. The van der Waals surface area contributed by atoms with Crippen LogP contribution in [0, 0.1) is 0 Å². The fourth-order valence-electron chi connectivity index (χ4n) is 3.43. The minimum Gasteiger partial charge on any atom is -0.481 e. The number of hydrogen-bond donors (Lipinski definition) is 1. The van der Waals surface area contributed by atoms with Gasteiger partial charge in [0.2, 0.25) is 0 Å². The van der Waals surface area contributed by atoms with Gasteiger partial charge in [0.25, 0.3) is 5.91 Å². The number of hydrogen-bond acceptors (Lipinski definition) is 6. The number of fused-ring (bicyclic) bond motifs is 1. The molecule has 176 valence electrons. The van der Waals surface area contributed by atoms with Gasteiger partial charge in [-0.2, -0.15) is 5.10 Å². The van der Waals surface area contributed by atoms with Crippen molar-refractivity contribution in [3.8, 4) is 17.0 Å². The van der Waals surface area contributed by atoms with Crippen LogP contribution in [0.25, 0.3) is 22.2 Å². The number of hydrazone groups is 1. The molecular formula is C27H22BrN3O4. The third kappa shape index (κ3) is 6.10. The number of ether oxygens (including phenoxy) is 2. The topological polar surface area (TPSA) is 89.9 Å². The summed E-state index contributed by atoms with van der Waals surface area (Å²) in [7, 11) is 0. The second-order valence-corrected chi connectivity index (χ2v) is 8.33. The van der Waals surface area contributed by atoms with E-state index in [9.17, 15) is 9.59 Å². The van der Waals surface area contributed by atoms with Crippen LogP contribution in [-0.4, -0.2) is 36.3 Å². The predicted molar refractivity (Wildman–Crippen MR) is 139 cm³/mol. The van der Waals surface area contributed by atoms with Crippen molar-refractivity contribution in [3.63, 3.8) is 0 Å².